The molecule has 0 bridgehead atoms. The zero-order valence-electron chi connectivity index (χ0n) is 16.7. The van der Waals surface area contributed by atoms with E-state index >= 15 is 0 Å². The summed E-state index contributed by atoms with van der Waals surface area (Å²) in [5.41, 5.74) is 2.63. The second-order valence-corrected chi connectivity index (χ2v) is 9.50. The molecular weight excluding hydrogens is 508 g/mol. The summed E-state index contributed by atoms with van der Waals surface area (Å²) in [7, 11) is -2.28. The SMILES string of the molecule is COc1cccc(C2Oc3cccc(OC(F)F)c3-c3ccc(CS(N)(=O)=O)c(Br)c32)c1. The molecule has 1 unspecified atom stereocenters. The highest BCUT2D eigenvalue weighted by Gasteiger charge is 2.33. The lowest BCUT2D eigenvalue weighted by atomic mass is 9.88. The van der Waals surface area contributed by atoms with Gasteiger partial charge in [0.05, 0.1) is 18.4 Å². The largest absolute Gasteiger partial charge is 0.497 e. The van der Waals surface area contributed by atoms with Gasteiger partial charge in [0, 0.05) is 15.6 Å². The minimum Gasteiger partial charge on any atom is -0.497 e. The van der Waals surface area contributed by atoms with Crippen molar-refractivity contribution in [1.82, 2.24) is 0 Å². The number of ether oxygens (including phenoxy) is 3. The number of primary sulfonamides is 1. The van der Waals surface area contributed by atoms with E-state index < -0.39 is 28.5 Å². The molecule has 1 aliphatic heterocycles. The van der Waals surface area contributed by atoms with Gasteiger partial charge < -0.3 is 14.2 Å². The van der Waals surface area contributed by atoms with Crippen LogP contribution in [0.3, 0.4) is 0 Å². The van der Waals surface area contributed by atoms with Crippen LogP contribution < -0.4 is 19.3 Å². The first-order chi connectivity index (χ1) is 15.2. The summed E-state index contributed by atoms with van der Waals surface area (Å²) in [6.45, 7) is -3.02. The first-order valence-corrected chi connectivity index (χ1v) is 11.9. The fraction of sp³-hybridized carbons (Fsp3) is 0.182. The van der Waals surface area contributed by atoms with Gasteiger partial charge in [-0.25, -0.2) is 13.6 Å². The molecule has 3 aromatic carbocycles. The molecule has 2 N–H and O–H groups in total. The molecule has 6 nitrogen and oxygen atoms in total. The lowest BCUT2D eigenvalue weighted by Gasteiger charge is -2.32. The predicted molar refractivity (Wildman–Crippen MR) is 118 cm³/mol. The maximum Gasteiger partial charge on any atom is 0.387 e. The van der Waals surface area contributed by atoms with Gasteiger partial charge in [0.2, 0.25) is 10.0 Å². The average molecular weight is 526 g/mol. The first-order valence-electron chi connectivity index (χ1n) is 9.38. The number of hydrogen-bond donors (Lipinski definition) is 1. The van der Waals surface area contributed by atoms with E-state index in [2.05, 4.69) is 15.9 Å². The van der Waals surface area contributed by atoms with E-state index in [9.17, 15) is 17.2 Å². The van der Waals surface area contributed by atoms with Gasteiger partial charge in [0.25, 0.3) is 0 Å². The Balaban J connectivity index is 1.97. The van der Waals surface area contributed by atoms with Gasteiger partial charge in [-0.15, -0.1) is 0 Å². The molecule has 0 aromatic heterocycles. The van der Waals surface area contributed by atoms with E-state index in [1.54, 1.807) is 42.5 Å². The molecule has 0 spiro atoms. The van der Waals surface area contributed by atoms with E-state index in [1.807, 2.05) is 6.07 Å². The second-order valence-electron chi connectivity index (χ2n) is 7.09. The van der Waals surface area contributed by atoms with Crippen LogP contribution in [0.2, 0.25) is 0 Å². The van der Waals surface area contributed by atoms with Gasteiger partial charge in [-0.05, 0) is 35.4 Å². The summed E-state index contributed by atoms with van der Waals surface area (Å²) in [4.78, 5) is 0. The molecule has 1 atom stereocenters. The molecule has 0 saturated heterocycles. The standard InChI is InChI=1S/C22H18BrF2NO5S/c1-29-14-5-2-4-12(10-14)21-19-15(9-8-13(20(19)23)11-32(26,27)28)18-16(30-21)6-3-7-17(18)31-22(24)25/h2-10,21-22H,11H2,1H3,(H2,26,27,28). The molecule has 0 aliphatic carbocycles. The van der Waals surface area contributed by atoms with E-state index in [0.717, 1.165) is 5.56 Å². The van der Waals surface area contributed by atoms with Crippen LogP contribution in [-0.2, 0) is 15.8 Å². The molecule has 0 radical (unpaired) electrons. The van der Waals surface area contributed by atoms with Crippen LogP contribution in [0, 0.1) is 0 Å². The topological polar surface area (TPSA) is 87.8 Å². The minimum atomic E-state index is -3.82. The maximum absolute atomic E-state index is 13.1. The Morgan fingerprint density at radius 2 is 1.91 bits per heavy atom. The Morgan fingerprint density at radius 1 is 1.16 bits per heavy atom. The van der Waals surface area contributed by atoms with E-state index in [0.29, 0.717) is 38.2 Å². The lowest BCUT2D eigenvalue weighted by Crippen LogP contribution is -2.19. The molecule has 0 fully saturated rings. The van der Waals surface area contributed by atoms with Crippen LogP contribution in [0.15, 0.2) is 59.1 Å². The number of alkyl halides is 2. The highest BCUT2D eigenvalue weighted by atomic mass is 79.9. The third kappa shape index (κ3) is 4.43. The number of halogens is 3. The van der Waals surface area contributed by atoms with Crippen LogP contribution in [0.1, 0.15) is 22.8 Å². The van der Waals surface area contributed by atoms with Crippen molar-refractivity contribution in [3.63, 3.8) is 0 Å². The third-order valence-electron chi connectivity index (χ3n) is 4.99. The zero-order chi connectivity index (χ0) is 23.0. The summed E-state index contributed by atoms with van der Waals surface area (Å²) >= 11 is 3.50. The number of sulfonamides is 1. The van der Waals surface area contributed by atoms with Crippen molar-refractivity contribution in [2.75, 3.05) is 7.11 Å². The van der Waals surface area contributed by atoms with E-state index in [1.165, 1.54) is 13.2 Å². The molecule has 4 rings (SSSR count). The molecule has 3 aromatic rings. The Bertz CT molecular complexity index is 1280. The Kier molecular flexibility index (Phi) is 6.11. The van der Waals surface area contributed by atoms with Crippen LogP contribution in [-0.4, -0.2) is 22.1 Å². The summed E-state index contributed by atoms with van der Waals surface area (Å²) in [5.74, 6) is 0.502. The van der Waals surface area contributed by atoms with Gasteiger partial charge in [-0.2, -0.15) is 8.78 Å². The van der Waals surface area contributed by atoms with Gasteiger partial charge >= 0.3 is 6.61 Å². The van der Waals surface area contributed by atoms with Crippen molar-refractivity contribution in [1.29, 1.82) is 0 Å². The highest BCUT2D eigenvalue weighted by Crippen LogP contribution is 2.52. The number of rotatable bonds is 6. The van der Waals surface area contributed by atoms with Crippen LogP contribution >= 0.6 is 15.9 Å². The molecule has 168 valence electrons. The van der Waals surface area contributed by atoms with Gasteiger partial charge in [0.15, 0.2) is 6.10 Å². The predicted octanol–water partition coefficient (Wildman–Crippen LogP) is 5.00. The minimum absolute atomic E-state index is 0.0473. The average Bonchev–Trinajstić information content (AvgIpc) is 2.74. The first kappa shape index (κ1) is 22.5. The van der Waals surface area contributed by atoms with Crippen molar-refractivity contribution in [2.24, 2.45) is 5.14 Å². The molecule has 1 aliphatic rings. The zero-order valence-corrected chi connectivity index (χ0v) is 19.1. The summed E-state index contributed by atoms with van der Waals surface area (Å²) in [6, 6.07) is 15.1. The molecule has 1 heterocycles. The van der Waals surface area contributed by atoms with Crippen LogP contribution in [0.5, 0.6) is 17.2 Å². The quantitative estimate of drug-likeness (QED) is 0.489. The summed E-state index contributed by atoms with van der Waals surface area (Å²) in [6.07, 6.45) is -0.677. The number of benzene rings is 3. The number of fused-ring (bicyclic) bond motifs is 3. The van der Waals surface area contributed by atoms with Crippen molar-refractivity contribution in [3.8, 4) is 28.4 Å². The molecule has 0 saturated carbocycles. The van der Waals surface area contributed by atoms with Crippen LogP contribution in [0.25, 0.3) is 11.1 Å². The van der Waals surface area contributed by atoms with E-state index in [4.69, 9.17) is 19.3 Å². The lowest BCUT2D eigenvalue weighted by molar-refractivity contribution is -0.0496. The van der Waals surface area contributed by atoms with Crippen LogP contribution in [0.4, 0.5) is 8.78 Å². The normalized spacial score (nSPS) is 15.0. The highest BCUT2D eigenvalue weighted by molar-refractivity contribution is 9.10. The number of methoxy groups -OCH3 is 1. The van der Waals surface area contributed by atoms with Crippen molar-refractivity contribution >= 4 is 26.0 Å². The fourth-order valence-corrected chi connectivity index (χ4v) is 5.29. The molecule has 0 amide bonds. The third-order valence-corrected chi connectivity index (χ3v) is 6.64. The Hall–Kier alpha value is -2.69. The van der Waals surface area contributed by atoms with Crippen molar-refractivity contribution in [2.45, 2.75) is 18.5 Å². The second kappa shape index (κ2) is 8.68. The van der Waals surface area contributed by atoms with Gasteiger partial charge in [-0.3, -0.25) is 0 Å². The maximum atomic E-state index is 13.1. The summed E-state index contributed by atoms with van der Waals surface area (Å²) in [5, 5.41) is 5.25. The Morgan fingerprint density at radius 3 is 2.59 bits per heavy atom. The fourth-order valence-electron chi connectivity index (χ4n) is 3.73. The van der Waals surface area contributed by atoms with E-state index in [-0.39, 0.29) is 5.75 Å². The number of nitrogens with two attached hydrogens (primary N) is 1. The molecular formula is C22H18BrF2NO5S. The Labute approximate surface area is 192 Å². The van der Waals surface area contributed by atoms with Gasteiger partial charge in [-0.1, -0.05) is 46.3 Å². The monoisotopic (exact) mass is 525 g/mol. The smallest absolute Gasteiger partial charge is 0.387 e. The van der Waals surface area contributed by atoms with Crippen molar-refractivity contribution in [3.05, 3.63) is 75.8 Å². The van der Waals surface area contributed by atoms with Gasteiger partial charge in [0.1, 0.15) is 17.2 Å². The number of hydrogen-bond acceptors (Lipinski definition) is 5. The van der Waals surface area contributed by atoms with Crippen molar-refractivity contribution < 1.29 is 31.4 Å². The molecule has 10 heteroatoms. The summed E-state index contributed by atoms with van der Waals surface area (Å²) < 4.78 is 66.3. The molecule has 32 heavy (non-hydrogen) atoms.